The average molecular weight is 315 g/mol. The van der Waals surface area contributed by atoms with Gasteiger partial charge in [-0.3, -0.25) is 0 Å². The van der Waals surface area contributed by atoms with Crippen molar-refractivity contribution in [3.8, 4) is 0 Å². The quantitative estimate of drug-likeness (QED) is 0.705. The van der Waals surface area contributed by atoms with Crippen molar-refractivity contribution in [1.82, 2.24) is 0 Å². The maximum atomic E-state index is 2.42. The minimum atomic E-state index is -0.183. The van der Waals surface area contributed by atoms with Gasteiger partial charge in [0.15, 0.2) is 0 Å². The van der Waals surface area contributed by atoms with E-state index >= 15 is 0 Å². The van der Waals surface area contributed by atoms with Gasteiger partial charge in [-0.15, -0.1) is 0 Å². The van der Waals surface area contributed by atoms with Crippen LogP contribution in [0.15, 0.2) is 82.8 Å². The average Bonchev–Trinajstić information content (AvgIpc) is 2.53. The van der Waals surface area contributed by atoms with Crippen molar-refractivity contribution >= 4 is 25.4 Å². The van der Waals surface area contributed by atoms with Crippen LogP contribution in [-0.2, 0) is 0 Å². The molecule has 0 saturated carbocycles. The normalized spacial score (nSPS) is 16.5. The van der Waals surface area contributed by atoms with Crippen molar-refractivity contribution in [1.29, 1.82) is 0 Å². The summed E-state index contributed by atoms with van der Waals surface area (Å²) in [5.74, 6) is 0. The fraction of sp³-hybridized carbons (Fsp3) is 0.0526. The summed E-state index contributed by atoms with van der Waals surface area (Å²) >= 11 is -0.183. The Morgan fingerprint density at radius 3 is 2.55 bits per heavy atom. The molecule has 2 aromatic rings. The van der Waals surface area contributed by atoms with Gasteiger partial charge in [-0.25, -0.2) is 0 Å². The van der Waals surface area contributed by atoms with Crippen LogP contribution in [0.3, 0.4) is 0 Å². The van der Waals surface area contributed by atoms with E-state index in [0.717, 1.165) is 6.42 Å². The first-order valence-electron chi connectivity index (χ1n) is 6.97. The van der Waals surface area contributed by atoms with Gasteiger partial charge in [0.2, 0.25) is 0 Å². The Kier molecular flexibility index (Phi) is 2.97. The Morgan fingerprint density at radius 1 is 0.850 bits per heavy atom. The topological polar surface area (TPSA) is 0 Å². The third-order valence-electron chi connectivity index (χ3n) is 3.83. The molecule has 0 N–H and O–H groups in total. The summed E-state index contributed by atoms with van der Waals surface area (Å²) in [6.45, 7) is 0. The second-order valence-electron chi connectivity index (χ2n) is 5.08. The van der Waals surface area contributed by atoms with Gasteiger partial charge in [-0.05, 0) is 0 Å². The number of hydrogen-bond donors (Lipinski definition) is 0. The predicted octanol–water partition coefficient (Wildman–Crippen LogP) is 3.68. The standard InChI is InChI=1S/C19H14Ge/c1-2-8-14(9-3-1)19-15-10-4-6-12-17(15)20-18-13-7-5-11-16(18)19/h1-6,8-13H,7H2. The van der Waals surface area contributed by atoms with Crippen LogP contribution in [0, 0.1) is 0 Å². The molecule has 0 fully saturated rings. The molecule has 0 nitrogen and oxygen atoms in total. The number of hydrogen-bond acceptors (Lipinski definition) is 0. The van der Waals surface area contributed by atoms with E-state index < -0.39 is 0 Å². The SMILES string of the molecule is C1=CC2=C(c3ccccc3)c3cccc[c]3[Ge][C]2=CC1. The molecule has 2 aromatic carbocycles. The van der Waals surface area contributed by atoms with E-state index in [0.29, 0.717) is 0 Å². The molecule has 4 rings (SSSR count). The Labute approximate surface area is 126 Å². The molecule has 0 atom stereocenters. The molecular weight excluding hydrogens is 301 g/mol. The Balaban J connectivity index is 2.03. The third-order valence-corrected chi connectivity index (χ3v) is 6.87. The molecular formula is C19H14Ge. The van der Waals surface area contributed by atoms with Gasteiger partial charge in [0.1, 0.15) is 0 Å². The molecule has 1 aliphatic heterocycles. The Hall–Kier alpha value is -1.80. The third kappa shape index (κ3) is 1.92. The van der Waals surface area contributed by atoms with Crippen LogP contribution in [0.2, 0.25) is 0 Å². The zero-order chi connectivity index (χ0) is 13.4. The first kappa shape index (κ1) is 12.0. The van der Waals surface area contributed by atoms with E-state index in [-0.39, 0.29) is 15.4 Å². The van der Waals surface area contributed by atoms with Gasteiger partial charge in [0.05, 0.1) is 0 Å². The monoisotopic (exact) mass is 316 g/mol. The number of fused-ring (bicyclic) bond motifs is 2. The van der Waals surface area contributed by atoms with Gasteiger partial charge in [-0.2, -0.15) is 0 Å². The zero-order valence-corrected chi connectivity index (χ0v) is 13.2. The molecule has 1 heterocycles. The van der Waals surface area contributed by atoms with Crippen LogP contribution in [0.1, 0.15) is 17.5 Å². The summed E-state index contributed by atoms with van der Waals surface area (Å²) in [4.78, 5) is 0. The van der Waals surface area contributed by atoms with E-state index in [1.165, 1.54) is 22.3 Å². The van der Waals surface area contributed by atoms with Gasteiger partial charge in [0.25, 0.3) is 0 Å². The van der Waals surface area contributed by atoms with Crippen LogP contribution in [-0.4, -0.2) is 15.4 Å². The Morgan fingerprint density at radius 2 is 1.65 bits per heavy atom. The number of allylic oxidation sites excluding steroid dienone is 5. The molecule has 0 aromatic heterocycles. The van der Waals surface area contributed by atoms with Crippen molar-refractivity contribution in [2.75, 3.05) is 0 Å². The van der Waals surface area contributed by atoms with Gasteiger partial charge in [0, 0.05) is 0 Å². The molecule has 2 aliphatic rings. The van der Waals surface area contributed by atoms with E-state index in [2.05, 4.69) is 72.8 Å². The fourth-order valence-electron chi connectivity index (χ4n) is 2.92. The molecule has 0 spiro atoms. The number of rotatable bonds is 1. The molecule has 0 bridgehead atoms. The summed E-state index contributed by atoms with van der Waals surface area (Å²) in [6.07, 6.45) is 8.12. The molecule has 1 heteroatoms. The molecule has 0 unspecified atom stereocenters. The van der Waals surface area contributed by atoms with E-state index in [1.54, 1.807) is 8.80 Å². The van der Waals surface area contributed by atoms with E-state index in [9.17, 15) is 0 Å². The van der Waals surface area contributed by atoms with Gasteiger partial charge in [-0.1, -0.05) is 0 Å². The first-order chi connectivity index (χ1) is 9.93. The van der Waals surface area contributed by atoms with Crippen molar-refractivity contribution < 1.29 is 0 Å². The Bertz CT molecular complexity index is 748. The van der Waals surface area contributed by atoms with Gasteiger partial charge < -0.3 is 0 Å². The van der Waals surface area contributed by atoms with Crippen molar-refractivity contribution in [3.05, 3.63) is 93.9 Å². The fourth-order valence-corrected chi connectivity index (χ4v) is 5.81. The molecule has 0 saturated heterocycles. The molecule has 94 valence electrons. The second-order valence-corrected chi connectivity index (χ2v) is 7.87. The first-order valence-corrected chi connectivity index (χ1v) is 9.06. The van der Waals surface area contributed by atoms with E-state index in [4.69, 9.17) is 0 Å². The molecule has 20 heavy (non-hydrogen) atoms. The van der Waals surface area contributed by atoms with Crippen LogP contribution in [0.5, 0.6) is 0 Å². The van der Waals surface area contributed by atoms with Crippen LogP contribution in [0.4, 0.5) is 0 Å². The zero-order valence-electron chi connectivity index (χ0n) is 11.1. The van der Waals surface area contributed by atoms with Crippen molar-refractivity contribution in [3.63, 3.8) is 0 Å². The number of benzene rings is 2. The second kappa shape index (κ2) is 4.95. The molecule has 2 radical (unpaired) electrons. The van der Waals surface area contributed by atoms with Crippen molar-refractivity contribution in [2.45, 2.75) is 6.42 Å². The van der Waals surface area contributed by atoms with Crippen LogP contribution in [0.25, 0.3) is 5.57 Å². The maximum absolute atomic E-state index is 2.42. The van der Waals surface area contributed by atoms with Gasteiger partial charge >= 0.3 is 126 Å². The summed E-state index contributed by atoms with van der Waals surface area (Å²) in [7, 11) is 0. The van der Waals surface area contributed by atoms with Crippen LogP contribution < -0.4 is 4.40 Å². The van der Waals surface area contributed by atoms with Crippen LogP contribution >= 0.6 is 0 Å². The minimum absolute atomic E-state index is 0.183. The summed E-state index contributed by atoms with van der Waals surface area (Å²) in [6, 6.07) is 19.7. The summed E-state index contributed by atoms with van der Waals surface area (Å²) in [5.41, 5.74) is 5.65. The van der Waals surface area contributed by atoms with E-state index in [1.807, 2.05) is 0 Å². The van der Waals surface area contributed by atoms with Crippen molar-refractivity contribution in [2.24, 2.45) is 0 Å². The summed E-state index contributed by atoms with van der Waals surface area (Å²) in [5, 5.41) is 0. The summed E-state index contributed by atoms with van der Waals surface area (Å²) < 4.78 is 3.17. The predicted molar refractivity (Wildman–Crippen MR) is 86.1 cm³/mol. The molecule has 1 aliphatic carbocycles. The molecule has 0 amide bonds.